The Kier molecular flexibility index (Phi) is 5.62. The van der Waals surface area contributed by atoms with Crippen LogP contribution in [0.4, 0.5) is 5.95 Å². The number of pyridine rings is 1. The molecule has 0 saturated heterocycles. The first-order valence-electron chi connectivity index (χ1n) is 7.26. The van der Waals surface area contributed by atoms with E-state index in [2.05, 4.69) is 15.3 Å². The molecule has 7 nitrogen and oxygen atoms in total. The molecule has 3 N–H and O–H groups in total. The number of hydrogen-bond acceptors (Lipinski definition) is 5. The third kappa shape index (κ3) is 5.06. The molecule has 2 aromatic heterocycles. The zero-order valence-electron chi connectivity index (χ0n) is 12.9. The molecular weight excluding hydrogens is 294 g/mol. The Balaban J connectivity index is 1.77. The highest BCUT2D eigenvalue weighted by molar-refractivity contribution is 5.91. The van der Waals surface area contributed by atoms with E-state index in [1.54, 1.807) is 16.7 Å². The van der Waals surface area contributed by atoms with Crippen LogP contribution >= 0.6 is 0 Å². The van der Waals surface area contributed by atoms with Crippen LogP contribution in [0.15, 0.2) is 41.5 Å². The Morgan fingerprint density at radius 1 is 1.35 bits per heavy atom. The first-order chi connectivity index (χ1) is 11.1. The van der Waals surface area contributed by atoms with Gasteiger partial charge in [-0.2, -0.15) is 0 Å². The molecule has 0 aromatic carbocycles. The van der Waals surface area contributed by atoms with Gasteiger partial charge >= 0.3 is 0 Å². The number of hydrogen-bond donors (Lipinski definition) is 2. The van der Waals surface area contributed by atoms with Crippen LogP contribution in [-0.4, -0.2) is 27.0 Å². The molecule has 0 fully saturated rings. The highest BCUT2D eigenvalue weighted by atomic mass is 16.1. The Hall–Kier alpha value is -2.96. The maximum atomic E-state index is 11.7. The van der Waals surface area contributed by atoms with E-state index in [1.165, 1.54) is 24.5 Å². The van der Waals surface area contributed by atoms with E-state index in [0.717, 1.165) is 5.69 Å². The molecule has 0 aliphatic heterocycles. The summed E-state index contributed by atoms with van der Waals surface area (Å²) in [7, 11) is 0. The lowest BCUT2D eigenvalue weighted by Gasteiger charge is -2.09. The normalized spacial score (nSPS) is 10.8. The van der Waals surface area contributed by atoms with E-state index in [9.17, 15) is 9.59 Å². The van der Waals surface area contributed by atoms with Crippen LogP contribution in [0.5, 0.6) is 0 Å². The first-order valence-corrected chi connectivity index (χ1v) is 7.26. The van der Waals surface area contributed by atoms with Crippen LogP contribution in [0.1, 0.15) is 17.7 Å². The molecule has 0 unspecified atom stereocenters. The molecule has 2 rings (SSSR count). The summed E-state index contributed by atoms with van der Waals surface area (Å²) in [6.45, 7) is 2.95. The predicted octanol–water partition coefficient (Wildman–Crippen LogP) is 0.749. The van der Waals surface area contributed by atoms with Crippen molar-refractivity contribution in [3.8, 4) is 0 Å². The number of aryl methyl sites for hydroxylation is 1. The van der Waals surface area contributed by atoms with Crippen molar-refractivity contribution in [3.05, 3.63) is 58.3 Å². The van der Waals surface area contributed by atoms with E-state index >= 15 is 0 Å². The maximum Gasteiger partial charge on any atom is 0.250 e. The summed E-state index contributed by atoms with van der Waals surface area (Å²) >= 11 is 0. The van der Waals surface area contributed by atoms with Gasteiger partial charge in [-0.05, 0) is 25.5 Å². The van der Waals surface area contributed by atoms with Crippen molar-refractivity contribution < 1.29 is 4.79 Å². The second-order valence-electron chi connectivity index (χ2n) is 5.01. The molecule has 1 amide bonds. The zero-order chi connectivity index (χ0) is 16.7. The smallest absolute Gasteiger partial charge is 0.250 e. The van der Waals surface area contributed by atoms with E-state index in [1.807, 2.05) is 13.0 Å². The van der Waals surface area contributed by atoms with Crippen molar-refractivity contribution in [2.24, 2.45) is 0 Å². The molecule has 0 saturated carbocycles. The largest absolute Gasteiger partial charge is 0.368 e. The van der Waals surface area contributed by atoms with Crippen molar-refractivity contribution in [1.29, 1.82) is 0 Å². The number of amides is 1. The van der Waals surface area contributed by atoms with E-state index in [0.29, 0.717) is 25.1 Å². The quantitative estimate of drug-likeness (QED) is 0.605. The van der Waals surface area contributed by atoms with Crippen LogP contribution in [-0.2, 0) is 11.3 Å². The van der Waals surface area contributed by atoms with Crippen molar-refractivity contribution >= 4 is 17.9 Å². The minimum Gasteiger partial charge on any atom is -0.368 e. The van der Waals surface area contributed by atoms with Gasteiger partial charge < -0.3 is 15.6 Å². The molecule has 23 heavy (non-hydrogen) atoms. The molecule has 0 bridgehead atoms. The van der Waals surface area contributed by atoms with Gasteiger partial charge in [-0.15, -0.1) is 0 Å². The van der Waals surface area contributed by atoms with Crippen molar-refractivity contribution in [3.63, 3.8) is 0 Å². The zero-order valence-corrected chi connectivity index (χ0v) is 12.9. The van der Waals surface area contributed by atoms with E-state index < -0.39 is 0 Å². The summed E-state index contributed by atoms with van der Waals surface area (Å²) in [5, 5.41) is 2.77. The monoisotopic (exact) mass is 313 g/mol. The number of carbonyl (C=O) groups is 1. The molecule has 0 radical (unpaired) electrons. The molecule has 0 atom stereocenters. The van der Waals surface area contributed by atoms with Crippen molar-refractivity contribution in [2.75, 3.05) is 12.3 Å². The lowest BCUT2D eigenvalue weighted by molar-refractivity contribution is -0.116. The number of carbonyl (C=O) groups excluding carboxylic acids is 1. The van der Waals surface area contributed by atoms with Crippen molar-refractivity contribution in [2.45, 2.75) is 19.9 Å². The number of aromatic nitrogens is 3. The third-order valence-electron chi connectivity index (χ3n) is 3.24. The average molecular weight is 313 g/mol. The van der Waals surface area contributed by atoms with Crippen LogP contribution in [0.2, 0.25) is 0 Å². The highest BCUT2D eigenvalue weighted by Gasteiger charge is 2.00. The van der Waals surface area contributed by atoms with Crippen LogP contribution in [0.25, 0.3) is 6.08 Å². The van der Waals surface area contributed by atoms with Gasteiger partial charge in [0, 0.05) is 48.9 Å². The fourth-order valence-corrected chi connectivity index (χ4v) is 2.02. The summed E-state index contributed by atoms with van der Waals surface area (Å²) in [5.74, 6) is -0.0167. The maximum absolute atomic E-state index is 11.7. The summed E-state index contributed by atoms with van der Waals surface area (Å²) in [5.41, 5.74) is 6.96. The summed E-state index contributed by atoms with van der Waals surface area (Å²) in [6, 6.07) is 5.15. The highest BCUT2D eigenvalue weighted by Crippen LogP contribution is 1.99. The number of nitrogens with one attached hydrogen (secondary N) is 1. The van der Waals surface area contributed by atoms with E-state index in [4.69, 9.17) is 5.73 Å². The predicted molar refractivity (Wildman–Crippen MR) is 88.5 cm³/mol. The Morgan fingerprint density at radius 3 is 2.78 bits per heavy atom. The Bertz CT molecular complexity index is 750. The fraction of sp³-hybridized carbons (Fsp3) is 0.250. The van der Waals surface area contributed by atoms with Gasteiger partial charge in [0.2, 0.25) is 11.9 Å². The number of nitrogens with two attached hydrogens (primary N) is 1. The molecule has 2 aromatic rings. The van der Waals surface area contributed by atoms with Gasteiger partial charge in [-0.3, -0.25) is 9.59 Å². The summed E-state index contributed by atoms with van der Waals surface area (Å²) in [4.78, 5) is 31.1. The average Bonchev–Trinajstić information content (AvgIpc) is 2.53. The molecule has 0 aliphatic carbocycles. The Morgan fingerprint density at radius 2 is 2.09 bits per heavy atom. The van der Waals surface area contributed by atoms with Gasteiger partial charge in [0.1, 0.15) is 0 Å². The van der Waals surface area contributed by atoms with Gasteiger partial charge in [0.15, 0.2) is 0 Å². The number of anilines is 1. The minimum absolute atomic E-state index is 0.0282. The third-order valence-corrected chi connectivity index (χ3v) is 3.24. The molecular formula is C16H19N5O2. The first kappa shape index (κ1) is 16.4. The molecule has 0 spiro atoms. The number of nitrogen functional groups attached to an aromatic ring is 1. The topological polar surface area (TPSA) is 103 Å². The number of nitrogens with zero attached hydrogens (tertiary/aromatic N) is 3. The van der Waals surface area contributed by atoms with Gasteiger partial charge in [0.05, 0.1) is 0 Å². The standard InChI is InChI=1S/C16H19N5O2/c1-12-4-2-5-15(23)21(12)9-3-8-18-14(22)7-6-13-10-19-16(17)20-11-13/h2,4-7,10-11H,3,8-9H2,1H3,(H,18,22)(H2,17,19,20). The lowest BCUT2D eigenvalue weighted by Crippen LogP contribution is -2.26. The van der Waals surface area contributed by atoms with Gasteiger partial charge in [-0.1, -0.05) is 6.07 Å². The second-order valence-corrected chi connectivity index (χ2v) is 5.01. The van der Waals surface area contributed by atoms with E-state index in [-0.39, 0.29) is 17.4 Å². The summed E-state index contributed by atoms with van der Waals surface area (Å²) < 4.78 is 1.69. The number of rotatable bonds is 6. The SMILES string of the molecule is Cc1cccc(=O)n1CCCNC(=O)C=Cc1cnc(N)nc1. The Labute approximate surface area is 133 Å². The van der Waals surface area contributed by atoms with Crippen molar-refractivity contribution in [1.82, 2.24) is 19.9 Å². The molecule has 2 heterocycles. The molecule has 7 heteroatoms. The van der Waals surface area contributed by atoms with Gasteiger partial charge in [0.25, 0.3) is 5.56 Å². The lowest BCUT2D eigenvalue weighted by atomic mass is 10.3. The minimum atomic E-state index is -0.209. The van der Waals surface area contributed by atoms with Crippen LogP contribution in [0.3, 0.4) is 0 Å². The molecule has 120 valence electrons. The van der Waals surface area contributed by atoms with Crippen LogP contribution in [0, 0.1) is 6.92 Å². The fourth-order valence-electron chi connectivity index (χ4n) is 2.02. The summed E-state index contributed by atoms with van der Waals surface area (Å²) in [6.07, 6.45) is 6.78. The second kappa shape index (κ2) is 7.88. The molecule has 0 aliphatic rings. The van der Waals surface area contributed by atoms with Gasteiger partial charge in [-0.25, -0.2) is 9.97 Å². The van der Waals surface area contributed by atoms with Crippen LogP contribution < -0.4 is 16.6 Å².